The Kier molecular flexibility index (Phi) is 5.88. The van der Waals surface area contributed by atoms with Gasteiger partial charge in [0.15, 0.2) is 0 Å². The molecule has 5 heteroatoms. The fourth-order valence-corrected chi connectivity index (χ4v) is 2.68. The molecule has 4 nitrogen and oxygen atoms in total. The first-order chi connectivity index (χ1) is 9.97. The maximum atomic E-state index is 6.02. The standard InChI is InChI=1S/C16H25ClN2O2/c1-11(2)19-6-7-20-14(9-19)10-21-16-5-4-13(17)8-15(16)12(3)18/h4-5,8,11-12,14H,6-7,9-10,18H2,1-3H3. The summed E-state index contributed by atoms with van der Waals surface area (Å²) in [7, 11) is 0. The number of rotatable bonds is 5. The second kappa shape index (κ2) is 7.45. The summed E-state index contributed by atoms with van der Waals surface area (Å²) in [5.74, 6) is 0.791. The van der Waals surface area contributed by atoms with Gasteiger partial charge in [0.05, 0.1) is 6.61 Å². The van der Waals surface area contributed by atoms with Crippen molar-refractivity contribution < 1.29 is 9.47 Å². The second-order valence-electron chi connectivity index (χ2n) is 5.86. The molecule has 0 aromatic heterocycles. The topological polar surface area (TPSA) is 47.7 Å². The first kappa shape index (κ1) is 16.6. The van der Waals surface area contributed by atoms with Gasteiger partial charge in [-0.1, -0.05) is 11.6 Å². The lowest BCUT2D eigenvalue weighted by Gasteiger charge is -2.35. The molecule has 2 N–H and O–H groups in total. The Morgan fingerprint density at radius 3 is 2.86 bits per heavy atom. The van der Waals surface area contributed by atoms with Crippen LogP contribution in [0.4, 0.5) is 0 Å². The van der Waals surface area contributed by atoms with E-state index in [2.05, 4.69) is 18.7 Å². The molecule has 1 aromatic carbocycles. The van der Waals surface area contributed by atoms with Crippen molar-refractivity contribution >= 4 is 11.6 Å². The third kappa shape index (κ3) is 4.58. The van der Waals surface area contributed by atoms with Crippen molar-refractivity contribution in [3.05, 3.63) is 28.8 Å². The number of nitrogens with zero attached hydrogens (tertiary/aromatic N) is 1. The van der Waals surface area contributed by atoms with E-state index in [1.807, 2.05) is 25.1 Å². The third-order valence-electron chi connectivity index (χ3n) is 3.79. The molecular formula is C16H25ClN2O2. The number of benzene rings is 1. The number of halogens is 1. The van der Waals surface area contributed by atoms with Crippen LogP contribution >= 0.6 is 11.6 Å². The molecule has 2 atom stereocenters. The first-order valence-electron chi connectivity index (χ1n) is 7.51. The molecule has 1 saturated heterocycles. The molecule has 0 bridgehead atoms. The SMILES string of the molecule is CC(N)c1cc(Cl)ccc1OCC1CN(C(C)C)CCO1. The van der Waals surface area contributed by atoms with Gasteiger partial charge in [-0.25, -0.2) is 0 Å². The molecule has 1 fully saturated rings. The van der Waals surface area contributed by atoms with Crippen LogP contribution in [0.3, 0.4) is 0 Å². The van der Waals surface area contributed by atoms with Crippen LogP contribution in [-0.2, 0) is 4.74 Å². The van der Waals surface area contributed by atoms with E-state index in [0.717, 1.165) is 31.0 Å². The van der Waals surface area contributed by atoms with Crippen LogP contribution in [0.5, 0.6) is 5.75 Å². The van der Waals surface area contributed by atoms with Crippen LogP contribution in [-0.4, -0.2) is 43.3 Å². The summed E-state index contributed by atoms with van der Waals surface area (Å²) in [5.41, 5.74) is 6.91. The molecule has 0 spiro atoms. The van der Waals surface area contributed by atoms with E-state index in [4.69, 9.17) is 26.8 Å². The minimum atomic E-state index is -0.113. The van der Waals surface area contributed by atoms with Crippen molar-refractivity contribution in [1.29, 1.82) is 0 Å². The minimum Gasteiger partial charge on any atom is -0.490 e. The zero-order chi connectivity index (χ0) is 15.4. The molecule has 0 radical (unpaired) electrons. The summed E-state index contributed by atoms with van der Waals surface area (Å²) < 4.78 is 11.7. The predicted octanol–water partition coefficient (Wildman–Crippen LogP) is 2.85. The summed E-state index contributed by atoms with van der Waals surface area (Å²) in [4.78, 5) is 2.41. The highest BCUT2D eigenvalue weighted by atomic mass is 35.5. The average molecular weight is 313 g/mol. The van der Waals surface area contributed by atoms with Gasteiger partial charge in [0, 0.05) is 35.8 Å². The molecule has 1 heterocycles. The zero-order valence-electron chi connectivity index (χ0n) is 13.0. The van der Waals surface area contributed by atoms with E-state index in [-0.39, 0.29) is 12.1 Å². The van der Waals surface area contributed by atoms with E-state index in [1.165, 1.54) is 0 Å². The number of morpholine rings is 1. The molecule has 2 unspecified atom stereocenters. The lowest BCUT2D eigenvalue weighted by atomic mass is 10.1. The second-order valence-corrected chi connectivity index (χ2v) is 6.30. The highest BCUT2D eigenvalue weighted by molar-refractivity contribution is 6.30. The van der Waals surface area contributed by atoms with Crippen molar-refractivity contribution in [2.45, 2.75) is 39.0 Å². The smallest absolute Gasteiger partial charge is 0.124 e. The fourth-order valence-electron chi connectivity index (χ4n) is 2.50. The molecule has 0 amide bonds. The van der Waals surface area contributed by atoms with Gasteiger partial charge in [-0.05, 0) is 39.0 Å². The normalized spacial score (nSPS) is 21.5. The molecule has 0 aliphatic carbocycles. The van der Waals surface area contributed by atoms with Gasteiger partial charge < -0.3 is 15.2 Å². The zero-order valence-corrected chi connectivity index (χ0v) is 13.8. The summed E-state index contributed by atoms with van der Waals surface area (Å²) in [6.45, 7) is 9.51. The lowest BCUT2D eigenvalue weighted by Crippen LogP contribution is -2.47. The van der Waals surface area contributed by atoms with Gasteiger partial charge in [0.25, 0.3) is 0 Å². The van der Waals surface area contributed by atoms with Crippen molar-refractivity contribution in [2.75, 3.05) is 26.3 Å². The van der Waals surface area contributed by atoms with Crippen LogP contribution < -0.4 is 10.5 Å². The number of nitrogens with two attached hydrogens (primary N) is 1. The molecule has 118 valence electrons. The van der Waals surface area contributed by atoms with E-state index in [1.54, 1.807) is 0 Å². The van der Waals surface area contributed by atoms with Crippen LogP contribution in [0, 0.1) is 0 Å². The number of hydrogen-bond acceptors (Lipinski definition) is 4. The summed E-state index contributed by atoms with van der Waals surface area (Å²) in [6.07, 6.45) is 0.0951. The lowest BCUT2D eigenvalue weighted by molar-refractivity contribution is -0.0565. The van der Waals surface area contributed by atoms with Gasteiger partial charge in [0.2, 0.25) is 0 Å². The van der Waals surface area contributed by atoms with Crippen molar-refractivity contribution in [3.63, 3.8) is 0 Å². The van der Waals surface area contributed by atoms with Crippen molar-refractivity contribution in [1.82, 2.24) is 4.90 Å². The first-order valence-corrected chi connectivity index (χ1v) is 7.88. The predicted molar refractivity (Wildman–Crippen MR) is 86.0 cm³/mol. The Balaban J connectivity index is 1.96. The molecule has 0 saturated carbocycles. The highest BCUT2D eigenvalue weighted by Crippen LogP contribution is 2.27. The van der Waals surface area contributed by atoms with E-state index in [0.29, 0.717) is 17.7 Å². The van der Waals surface area contributed by atoms with Crippen LogP contribution in [0.15, 0.2) is 18.2 Å². The van der Waals surface area contributed by atoms with Crippen molar-refractivity contribution in [2.24, 2.45) is 5.73 Å². The largest absolute Gasteiger partial charge is 0.490 e. The minimum absolute atomic E-state index is 0.0951. The molecule has 1 aliphatic heterocycles. The highest BCUT2D eigenvalue weighted by Gasteiger charge is 2.23. The van der Waals surface area contributed by atoms with Gasteiger partial charge in [0.1, 0.15) is 18.5 Å². The monoisotopic (exact) mass is 312 g/mol. The third-order valence-corrected chi connectivity index (χ3v) is 4.02. The molecule has 1 aliphatic rings. The van der Waals surface area contributed by atoms with Crippen LogP contribution in [0.25, 0.3) is 0 Å². The van der Waals surface area contributed by atoms with Gasteiger partial charge in [-0.2, -0.15) is 0 Å². The Morgan fingerprint density at radius 1 is 1.43 bits per heavy atom. The maximum Gasteiger partial charge on any atom is 0.124 e. The van der Waals surface area contributed by atoms with E-state index >= 15 is 0 Å². The Hall–Kier alpha value is -0.810. The van der Waals surface area contributed by atoms with E-state index < -0.39 is 0 Å². The molecule has 2 rings (SSSR count). The van der Waals surface area contributed by atoms with Crippen molar-refractivity contribution in [3.8, 4) is 5.75 Å². The Bertz CT molecular complexity index is 466. The number of ether oxygens (including phenoxy) is 2. The summed E-state index contributed by atoms with van der Waals surface area (Å²) in [6, 6.07) is 5.99. The summed E-state index contributed by atoms with van der Waals surface area (Å²) >= 11 is 6.02. The molecule has 21 heavy (non-hydrogen) atoms. The average Bonchev–Trinajstić information content (AvgIpc) is 2.46. The molecular weight excluding hydrogens is 288 g/mol. The maximum absolute atomic E-state index is 6.02. The fraction of sp³-hybridized carbons (Fsp3) is 0.625. The van der Waals surface area contributed by atoms with Crippen LogP contribution in [0.1, 0.15) is 32.4 Å². The van der Waals surface area contributed by atoms with Crippen LogP contribution in [0.2, 0.25) is 5.02 Å². The van der Waals surface area contributed by atoms with Gasteiger partial charge >= 0.3 is 0 Å². The number of hydrogen-bond donors (Lipinski definition) is 1. The Labute approximate surface area is 132 Å². The summed E-state index contributed by atoms with van der Waals surface area (Å²) in [5, 5.41) is 0.676. The van der Waals surface area contributed by atoms with E-state index in [9.17, 15) is 0 Å². The van der Waals surface area contributed by atoms with Gasteiger partial charge in [-0.15, -0.1) is 0 Å². The quantitative estimate of drug-likeness (QED) is 0.908. The van der Waals surface area contributed by atoms with Gasteiger partial charge in [-0.3, -0.25) is 4.90 Å². The molecule has 1 aromatic rings. The Morgan fingerprint density at radius 2 is 2.19 bits per heavy atom.